The number of aromatic nitrogens is 1. The molecule has 0 saturated carbocycles. The third-order valence-electron chi connectivity index (χ3n) is 5.63. The van der Waals surface area contributed by atoms with Crippen molar-refractivity contribution in [1.82, 2.24) is 4.98 Å². The molecule has 0 radical (unpaired) electrons. The lowest BCUT2D eigenvalue weighted by Gasteiger charge is -2.23. The van der Waals surface area contributed by atoms with E-state index < -0.39 is 0 Å². The fraction of sp³-hybridized carbons (Fsp3) is 0.0370. The van der Waals surface area contributed by atoms with Crippen molar-refractivity contribution in [3.8, 4) is 0 Å². The molecule has 2 N–H and O–H groups in total. The van der Waals surface area contributed by atoms with Gasteiger partial charge < -0.3 is 10.6 Å². The molecule has 0 saturated heterocycles. The van der Waals surface area contributed by atoms with E-state index in [-0.39, 0.29) is 29.8 Å². The Morgan fingerprint density at radius 2 is 1.79 bits per heavy atom. The molecule has 0 atom stereocenters. The van der Waals surface area contributed by atoms with Crippen LogP contribution in [0.1, 0.15) is 22.5 Å². The van der Waals surface area contributed by atoms with Gasteiger partial charge in [-0.15, -0.1) is 0 Å². The molecule has 34 heavy (non-hydrogen) atoms. The van der Waals surface area contributed by atoms with Crippen molar-refractivity contribution in [2.45, 2.75) is 6.42 Å². The summed E-state index contributed by atoms with van der Waals surface area (Å²) in [5, 5.41) is 7.52. The van der Waals surface area contributed by atoms with E-state index in [9.17, 15) is 14.4 Å². The first-order valence-corrected chi connectivity index (χ1v) is 10.7. The Kier molecular flexibility index (Phi) is 5.35. The van der Waals surface area contributed by atoms with Crippen LogP contribution in [0.3, 0.4) is 0 Å². The van der Waals surface area contributed by atoms with Gasteiger partial charge in [-0.25, -0.2) is 0 Å². The number of pyridine rings is 1. The van der Waals surface area contributed by atoms with Gasteiger partial charge in [0, 0.05) is 28.5 Å². The number of rotatable bonds is 4. The summed E-state index contributed by atoms with van der Waals surface area (Å²) in [5.41, 5.74) is 3.22. The summed E-state index contributed by atoms with van der Waals surface area (Å²) < 4.78 is 0. The van der Waals surface area contributed by atoms with Crippen LogP contribution < -0.4 is 15.5 Å². The van der Waals surface area contributed by atoms with Crippen molar-refractivity contribution in [2.24, 2.45) is 0 Å². The molecule has 2 heterocycles. The number of nitrogens with one attached hydrogen (secondary N) is 2. The van der Waals surface area contributed by atoms with Gasteiger partial charge in [-0.05, 0) is 41.8 Å². The second kappa shape index (κ2) is 8.63. The molecule has 4 aromatic rings. The maximum atomic E-state index is 13.0. The number of carbonyl (C=O) groups is 3. The lowest BCUT2D eigenvalue weighted by Crippen LogP contribution is -2.26. The van der Waals surface area contributed by atoms with Crippen LogP contribution in [-0.2, 0) is 9.59 Å². The van der Waals surface area contributed by atoms with Crippen molar-refractivity contribution in [3.05, 3.63) is 96.8 Å². The number of anilines is 4. The molecule has 1 aromatic heterocycles. The SMILES string of the molecule is C=Cc1cccnc1C(=O)Nc1ccc(N2C(=O)CC(=O)Nc3c2ccc2ccccc32)cc1. The maximum Gasteiger partial charge on any atom is 0.274 e. The molecule has 5 rings (SSSR count). The van der Waals surface area contributed by atoms with Crippen LogP contribution in [0, 0.1) is 0 Å². The Hall–Kier alpha value is -4.78. The predicted octanol–water partition coefficient (Wildman–Crippen LogP) is 5.14. The van der Waals surface area contributed by atoms with Gasteiger partial charge in [0.25, 0.3) is 5.91 Å². The largest absolute Gasteiger partial charge is 0.323 e. The van der Waals surface area contributed by atoms with E-state index in [1.54, 1.807) is 48.7 Å². The molecule has 0 unspecified atom stereocenters. The fourth-order valence-electron chi connectivity index (χ4n) is 4.05. The highest BCUT2D eigenvalue weighted by Gasteiger charge is 2.28. The molecule has 1 aliphatic heterocycles. The molecule has 7 nitrogen and oxygen atoms in total. The number of amides is 3. The van der Waals surface area contributed by atoms with Gasteiger partial charge in [-0.2, -0.15) is 0 Å². The van der Waals surface area contributed by atoms with Crippen LogP contribution in [0.15, 0.2) is 85.6 Å². The number of benzene rings is 3. The normalized spacial score (nSPS) is 13.1. The zero-order valence-corrected chi connectivity index (χ0v) is 18.1. The van der Waals surface area contributed by atoms with Crippen LogP contribution in [-0.4, -0.2) is 22.7 Å². The van der Waals surface area contributed by atoms with E-state index >= 15 is 0 Å². The van der Waals surface area contributed by atoms with Crippen LogP contribution in [0.5, 0.6) is 0 Å². The Labute approximate surface area is 195 Å². The second-order valence-corrected chi connectivity index (χ2v) is 7.78. The molecule has 3 aromatic carbocycles. The number of hydrogen-bond donors (Lipinski definition) is 2. The molecule has 0 spiro atoms. The standard InChI is InChI=1S/C27H20N4O3/c1-2-17-7-5-15-28-25(17)27(34)29-19-10-12-20(13-11-19)31-22-14-9-18-6-3-4-8-21(18)26(22)30-23(32)16-24(31)33/h2-15H,1,16H2,(H,29,34)(H,30,32). The first kappa shape index (κ1) is 21.1. The highest BCUT2D eigenvalue weighted by Crippen LogP contribution is 2.40. The molecule has 0 bridgehead atoms. The lowest BCUT2D eigenvalue weighted by molar-refractivity contribution is -0.124. The number of carbonyl (C=O) groups excluding carboxylic acids is 3. The van der Waals surface area contributed by atoms with E-state index in [1.165, 1.54) is 4.90 Å². The Balaban J connectivity index is 1.49. The minimum Gasteiger partial charge on any atom is -0.323 e. The van der Waals surface area contributed by atoms with Crippen LogP contribution in [0.4, 0.5) is 22.7 Å². The summed E-state index contributed by atoms with van der Waals surface area (Å²) in [7, 11) is 0. The smallest absolute Gasteiger partial charge is 0.274 e. The van der Waals surface area contributed by atoms with Gasteiger partial charge in [-0.3, -0.25) is 24.3 Å². The summed E-state index contributed by atoms with van der Waals surface area (Å²) in [6, 6.07) is 21.8. The van der Waals surface area contributed by atoms with E-state index in [0.29, 0.717) is 28.3 Å². The third-order valence-corrected chi connectivity index (χ3v) is 5.63. The summed E-state index contributed by atoms with van der Waals surface area (Å²) >= 11 is 0. The molecule has 0 aliphatic carbocycles. The molecule has 7 heteroatoms. The zero-order valence-electron chi connectivity index (χ0n) is 18.1. The average molecular weight is 448 g/mol. The topological polar surface area (TPSA) is 91.4 Å². The first-order chi connectivity index (χ1) is 16.5. The molecule has 166 valence electrons. The summed E-state index contributed by atoms with van der Waals surface area (Å²) in [5.74, 6) is -1.06. The van der Waals surface area contributed by atoms with Crippen molar-refractivity contribution in [3.63, 3.8) is 0 Å². The second-order valence-electron chi connectivity index (χ2n) is 7.78. The number of nitrogens with zero attached hydrogens (tertiary/aromatic N) is 2. The van der Waals surface area contributed by atoms with E-state index in [0.717, 1.165) is 10.8 Å². The van der Waals surface area contributed by atoms with E-state index in [4.69, 9.17) is 0 Å². The quantitative estimate of drug-likeness (QED) is 0.423. The molecule has 3 amide bonds. The minimum absolute atomic E-state index is 0.272. The number of hydrogen-bond acceptors (Lipinski definition) is 4. The molecular weight excluding hydrogens is 428 g/mol. The lowest BCUT2D eigenvalue weighted by atomic mass is 10.1. The van der Waals surface area contributed by atoms with Gasteiger partial charge in [0.15, 0.2) is 0 Å². The highest BCUT2D eigenvalue weighted by molar-refractivity contribution is 6.21. The van der Waals surface area contributed by atoms with Crippen molar-refractivity contribution in [1.29, 1.82) is 0 Å². The molecule has 1 aliphatic rings. The van der Waals surface area contributed by atoms with Crippen LogP contribution in [0.25, 0.3) is 16.8 Å². The summed E-state index contributed by atoms with van der Waals surface area (Å²) in [6.45, 7) is 3.72. The van der Waals surface area contributed by atoms with Crippen LogP contribution in [0.2, 0.25) is 0 Å². The predicted molar refractivity (Wildman–Crippen MR) is 133 cm³/mol. The minimum atomic E-state index is -0.360. The third kappa shape index (κ3) is 3.80. The monoisotopic (exact) mass is 448 g/mol. The van der Waals surface area contributed by atoms with Gasteiger partial charge in [0.2, 0.25) is 11.8 Å². The summed E-state index contributed by atoms with van der Waals surface area (Å²) in [6.07, 6.45) is 2.85. The average Bonchev–Trinajstić information content (AvgIpc) is 2.99. The van der Waals surface area contributed by atoms with Crippen LogP contribution >= 0.6 is 0 Å². The Morgan fingerprint density at radius 1 is 1.00 bits per heavy atom. The Morgan fingerprint density at radius 3 is 2.59 bits per heavy atom. The van der Waals surface area contributed by atoms with E-state index in [1.807, 2.05) is 36.4 Å². The van der Waals surface area contributed by atoms with Gasteiger partial charge in [0.05, 0.1) is 11.4 Å². The zero-order chi connectivity index (χ0) is 23.7. The van der Waals surface area contributed by atoms with Crippen molar-refractivity contribution < 1.29 is 14.4 Å². The first-order valence-electron chi connectivity index (χ1n) is 10.7. The van der Waals surface area contributed by atoms with E-state index in [2.05, 4.69) is 22.2 Å². The number of fused-ring (bicyclic) bond motifs is 3. The van der Waals surface area contributed by atoms with Gasteiger partial charge in [0.1, 0.15) is 12.1 Å². The maximum absolute atomic E-state index is 13.0. The molecular formula is C27H20N4O3. The van der Waals surface area contributed by atoms with Gasteiger partial charge >= 0.3 is 0 Å². The Bertz CT molecular complexity index is 1460. The highest BCUT2D eigenvalue weighted by atomic mass is 16.2. The van der Waals surface area contributed by atoms with Crippen molar-refractivity contribution in [2.75, 3.05) is 15.5 Å². The summed E-state index contributed by atoms with van der Waals surface area (Å²) in [4.78, 5) is 43.8. The van der Waals surface area contributed by atoms with Gasteiger partial charge in [-0.1, -0.05) is 49.1 Å². The molecule has 0 fully saturated rings. The van der Waals surface area contributed by atoms with Crippen molar-refractivity contribution >= 4 is 57.3 Å². The fourth-order valence-corrected chi connectivity index (χ4v) is 4.05.